The van der Waals surface area contributed by atoms with Crippen LogP contribution in [0.2, 0.25) is 0 Å². The second kappa shape index (κ2) is 8.90. The van der Waals surface area contributed by atoms with Gasteiger partial charge in [-0.1, -0.05) is 76.9 Å². The SMILES string of the molecule is Cc1cc(C)nc(S[C@H](NC(=O)/C=C/c2ccccc2)C(Cl)(Cl)Cl)n1. The molecular weight excluding hydrogens is 401 g/mol. The lowest BCUT2D eigenvalue weighted by Gasteiger charge is -2.23. The van der Waals surface area contributed by atoms with Crippen LogP contribution in [-0.4, -0.2) is 25.0 Å². The number of carbonyl (C=O) groups is 1. The van der Waals surface area contributed by atoms with Crippen LogP contribution in [0.5, 0.6) is 0 Å². The molecule has 0 bridgehead atoms. The number of hydrogen-bond acceptors (Lipinski definition) is 4. The molecular formula is C17H16Cl3N3OS. The molecule has 1 aromatic carbocycles. The number of alkyl halides is 3. The summed E-state index contributed by atoms with van der Waals surface area (Å²) < 4.78 is -1.72. The molecule has 0 saturated heterocycles. The minimum Gasteiger partial charge on any atom is -0.336 e. The van der Waals surface area contributed by atoms with Crippen LogP contribution in [-0.2, 0) is 4.79 Å². The molecule has 2 aromatic rings. The van der Waals surface area contributed by atoms with Gasteiger partial charge in [-0.15, -0.1) is 0 Å². The van der Waals surface area contributed by atoms with Gasteiger partial charge in [0.25, 0.3) is 0 Å². The third-order valence-electron chi connectivity index (χ3n) is 2.98. The van der Waals surface area contributed by atoms with Crippen molar-refractivity contribution in [1.82, 2.24) is 15.3 Å². The van der Waals surface area contributed by atoms with E-state index in [0.29, 0.717) is 5.16 Å². The monoisotopic (exact) mass is 415 g/mol. The van der Waals surface area contributed by atoms with E-state index in [0.717, 1.165) is 28.7 Å². The molecule has 0 radical (unpaired) electrons. The van der Waals surface area contributed by atoms with E-state index in [1.807, 2.05) is 50.2 Å². The summed E-state index contributed by atoms with van der Waals surface area (Å²) in [6.07, 6.45) is 3.07. The van der Waals surface area contributed by atoms with Crippen molar-refractivity contribution < 1.29 is 4.79 Å². The van der Waals surface area contributed by atoms with Crippen LogP contribution in [0, 0.1) is 13.8 Å². The van der Waals surface area contributed by atoms with Crippen LogP contribution in [0.1, 0.15) is 17.0 Å². The largest absolute Gasteiger partial charge is 0.336 e. The first kappa shape index (κ1) is 20.0. The minimum atomic E-state index is -1.72. The number of hydrogen-bond donors (Lipinski definition) is 1. The van der Waals surface area contributed by atoms with E-state index in [1.165, 1.54) is 6.08 Å². The van der Waals surface area contributed by atoms with Crippen LogP contribution >= 0.6 is 46.6 Å². The van der Waals surface area contributed by atoms with Gasteiger partial charge in [-0.3, -0.25) is 4.79 Å². The second-order valence-corrected chi connectivity index (χ2v) is 8.67. The highest BCUT2D eigenvalue weighted by molar-refractivity contribution is 8.00. The smallest absolute Gasteiger partial charge is 0.245 e. The predicted molar refractivity (Wildman–Crippen MR) is 105 cm³/mol. The maximum Gasteiger partial charge on any atom is 0.245 e. The van der Waals surface area contributed by atoms with Crippen molar-refractivity contribution in [3.05, 3.63) is 59.4 Å². The third kappa shape index (κ3) is 6.86. The quantitative estimate of drug-likeness (QED) is 0.252. The standard InChI is InChI=1S/C17H16Cl3N3OS/c1-11-10-12(2)22-16(21-11)25-15(17(18,19)20)23-14(24)9-8-13-6-4-3-5-7-13/h3-10,15H,1-2H3,(H,23,24)/b9-8+/t15-/m0/s1. The van der Waals surface area contributed by atoms with Gasteiger partial charge in [0, 0.05) is 17.5 Å². The number of halogens is 3. The highest BCUT2D eigenvalue weighted by atomic mass is 35.6. The number of amides is 1. The molecule has 0 spiro atoms. The van der Waals surface area contributed by atoms with Crippen molar-refractivity contribution in [3.63, 3.8) is 0 Å². The van der Waals surface area contributed by atoms with Crippen LogP contribution in [0.4, 0.5) is 0 Å². The summed E-state index contributed by atoms with van der Waals surface area (Å²) >= 11 is 19.1. The molecule has 1 heterocycles. The van der Waals surface area contributed by atoms with E-state index in [4.69, 9.17) is 34.8 Å². The fourth-order valence-electron chi connectivity index (χ4n) is 1.94. The summed E-state index contributed by atoms with van der Waals surface area (Å²) in [5.74, 6) is -0.378. The van der Waals surface area contributed by atoms with Crippen molar-refractivity contribution in [2.24, 2.45) is 0 Å². The normalized spacial score (nSPS) is 13.0. The highest BCUT2D eigenvalue weighted by Gasteiger charge is 2.35. The van der Waals surface area contributed by atoms with E-state index in [-0.39, 0.29) is 5.91 Å². The molecule has 1 N–H and O–H groups in total. The molecule has 25 heavy (non-hydrogen) atoms. The summed E-state index contributed by atoms with van der Waals surface area (Å²) in [5.41, 5.74) is 2.50. The topological polar surface area (TPSA) is 54.9 Å². The Balaban J connectivity index is 2.10. The summed E-state index contributed by atoms with van der Waals surface area (Å²) in [4.78, 5) is 20.8. The number of nitrogens with one attached hydrogen (secondary N) is 1. The van der Waals surface area contributed by atoms with Crippen LogP contribution in [0.25, 0.3) is 6.08 Å². The predicted octanol–water partition coefficient (Wildman–Crippen LogP) is 4.71. The average Bonchev–Trinajstić information content (AvgIpc) is 2.51. The van der Waals surface area contributed by atoms with Gasteiger partial charge in [0.2, 0.25) is 9.70 Å². The molecule has 2 rings (SSSR count). The number of carbonyl (C=O) groups excluding carboxylic acids is 1. The van der Waals surface area contributed by atoms with E-state index in [1.54, 1.807) is 6.08 Å². The summed E-state index contributed by atoms with van der Waals surface area (Å²) in [7, 11) is 0. The minimum absolute atomic E-state index is 0.378. The fourth-order valence-corrected chi connectivity index (χ4v) is 3.42. The zero-order chi connectivity index (χ0) is 18.4. The lowest BCUT2D eigenvalue weighted by atomic mass is 10.2. The van der Waals surface area contributed by atoms with Gasteiger partial charge < -0.3 is 5.32 Å². The van der Waals surface area contributed by atoms with Crippen LogP contribution < -0.4 is 5.32 Å². The van der Waals surface area contributed by atoms with Crippen molar-refractivity contribution in [3.8, 4) is 0 Å². The summed E-state index contributed by atoms with van der Waals surface area (Å²) in [6, 6.07) is 11.3. The number of nitrogens with zero attached hydrogens (tertiary/aromatic N) is 2. The number of rotatable bonds is 5. The first-order valence-electron chi connectivity index (χ1n) is 7.33. The summed E-state index contributed by atoms with van der Waals surface area (Å²) in [5, 5.41) is 2.27. The van der Waals surface area contributed by atoms with E-state index >= 15 is 0 Å². The maximum atomic E-state index is 12.2. The van der Waals surface area contributed by atoms with Crippen molar-refractivity contribution in [2.75, 3.05) is 0 Å². The van der Waals surface area contributed by atoms with Crippen LogP contribution in [0.3, 0.4) is 0 Å². The Kier molecular flexibility index (Phi) is 7.14. The Hall–Kier alpha value is -1.27. The Morgan fingerprint density at radius 3 is 2.32 bits per heavy atom. The van der Waals surface area contributed by atoms with E-state index in [2.05, 4.69) is 15.3 Å². The number of thioether (sulfide) groups is 1. The van der Waals surface area contributed by atoms with Gasteiger partial charge in [-0.05, 0) is 31.6 Å². The highest BCUT2D eigenvalue weighted by Crippen LogP contribution is 2.38. The van der Waals surface area contributed by atoms with Crippen molar-refractivity contribution in [2.45, 2.75) is 28.2 Å². The van der Waals surface area contributed by atoms with Gasteiger partial charge in [-0.25, -0.2) is 9.97 Å². The fraction of sp³-hybridized carbons (Fsp3) is 0.235. The van der Waals surface area contributed by atoms with Crippen LogP contribution in [0.15, 0.2) is 47.6 Å². The van der Waals surface area contributed by atoms with Crippen molar-refractivity contribution in [1.29, 1.82) is 0 Å². The maximum absolute atomic E-state index is 12.2. The van der Waals surface area contributed by atoms with Gasteiger partial charge >= 0.3 is 0 Å². The molecule has 0 aliphatic heterocycles. The number of benzene rings is 1. The lowest BCUT2D eigenvalue weighted by Crippen LogP contribution is -2.40. The molecule has 1 aromatic heterocycles. The van der Waals surface area contributed by atoms with Crippen molar-refractivity contribution >= 4 is 58.5 Å². The molecule has 4 nitrogen and oxygen atoms in total. The molecule has 132 valence electrons. The Morgan fingerprint density at radius 2 is 1.76 bits per heavy atom. The molecule has 1 atom stereocenters. The van der Waals surface area contributed by atoms with E-state index in [9.17, 15) is 4.79 Å². The van der Waals surface area contributed by atoms with Gasteiger partial charge in [0.05, 0.1) is 0 Å². The number of aryl methyl sites for hydroxylation is 2. The Labute approximate surface area is 166 Å². The third-order valence-corrected chi connectivity index (χ3v) is 5.13. The first-order valence-corrected chi connectivity index (χ1v) is 9.34. The molecule has 0 saturated carbocycles. The molecule has 8 heteroatoms. The van der Waals surface area contributed by atoms with E-state index < -0.39 is 9.17 Å². The molecule has 0 fully saturated rings. The molecule has 0 aliphatic carbocycles. The second-order valence-electron chi connectivity index (χ2n) is 5.23. The summed E-state index contributed by atoms with van der Waals surface area (Å²) in [6.45, 7) is 3.70. The van der Waals surface area contributed by atoms with Gasteiger partial charge in [-0.2, -0.15) is 0 Å². The lowest BCUT2D eigenvalue weighted by molar-refractivity contribution is -0.116. The Bertz CT molecular complexity index is 743. The molecule has 0 aliphatic rings. The number of aromatic nitrogens is 2. The average molecular weight is 417 g/mol. The zero-order valence-corrected chi connectivity index (χ0v) is 16.6. The first-order chi connectivity index (χ1) is 11.7. The van der Waals surface area contributed by atoms with Gasteiger partial charge in [0.15, 0.2) is 5.16 Å². The zero-order valence-electron chi connectivity index (χ0n) is 13.5. The molecule has 1 amide bonds. The van der Waals surface area contributed by atoms with Gasteiger partial charge in [0.1, 0.15) is 5.37 Å². The molecule has 0 unspecified atom stereocenters. The Morgan fingerprint density at radius 1 is 1.16 bits per heavy atom.